The SMILES string of the molecule is COc1ccc(CN2CCC(N(C)CCCO)CC2)cc1Cl. The summed E-state index contributed by atoms with van der Waals surface area (Å²) in [5, 5.41) is 9.60. The molecule has 1 aliphatic rings. The first-order chi connectivity index (χ1) is 10.6. The average Bonchev–Trinajstić information content (AvgIpc) is 2.53. The Balaban J connectivity index is 1.81. The first-order valence-electron chi connectivity index (χ1n) is 8.00. The maximum Gasteiger partial charge on any atom is 0.137 e. The minimum absolute atomic E-state index is 0.279. The second kappa shape index (κ2) is 8.73. The Morgan fingerprint density at radius 3 is 2.68 bits per heavy atom. The minimum Gasteiger partial charge on any atom is -0.495 e. The lowest BCUT2D eigenvalue weighted by molar-refractivity contribution is 0.117. The van der Waals surface area contributed by atoms with Crippen molar-refractivity contribution in [2.24, 2.45) is 0 Å². The van der Waals surface area contributed by atoms with Crippen LogP contribution in [0.5, 0.6) is 5.75 Å². The highest BCUT2D eigenvalue weighted by atomic mass is 35.5. The van der Waals surface area contributed by atoms with Gasteiger partial charge in [-0.1, -0.05) is 17.7 Å². The number of nitrogens with zero attached hydrogens (tertiary/aromatic N) is 2. The highest BCUT2D eigenvalue weighted by Gasteiger charge is 2.22. The smallest absolute Gasteiger partial charge is 0.137 e. The van der Waals surface area contributed by atoms with E-state index in [1.165, 1.54) is 18.4 Å². The van der Waals surface area contributed by atoms with Gasteiger partial charge in [-0.2, -0.15) is 0 Å². The Morgan fingerprint density at radius 1 is 1.36 bits per heavy atom. The van der Waals surface area contributed by atoms with Gasteiger partial charge in [0.05, 0.1) is 12.1 Å². The molecule has 0 aromatic heterocycles. The van der Waals surface area contributed by atoms with Crippen LogP contribution in [0.25, 0.3) is 0 Å². The minimum atomic E-state index is 0.279. The summed E-state index contributed by atoms with van der Waals surface area (Å²) in [4.78, 5) is 4.87. The number of aliphatic hydroxyl groups excluding tert-OH is 1. The zero-order valence-electron chi connectivity index (χ0n) is 13.6. The third-order valence-electron chi connectivity index (χ3n) is 4.47. The van der Waals surface area contributed by atoms with E-state index in [-0.39, 0.29) is 6.61 Å². The fraction of sp³-hybridized carbons (Fsp3) is 0.647. The standard InChI is InChI=1S/C17H27ClN2O2/c1-19(8-3-11-21)15-6-9-20(10-7-15)13-14-4-5-17(22-2)16(18)12-14/h4-5,12,15,21H,3,6-11,13H2,1-2H3. The van der Waals surface area contributed by atoms with Crippen molar-refractivity contribution in [1.29, 1.82) is 0 Å². The Labute approximate surface area is 138 Å². The van der Waals surface area contributed by atoms with Crippen molar-refractivity contribution in [2.45, 2.75) is 31.8 Å². The Kier molecular flexibility index (Phi) is 6.96. The molecular formula is C17H27ClN2O2. The van der Waals surface area contributed by atoms with Crippen LogP contribution in [0.2, 0.25) is 5.02 Å². The maximum atomic E-state index is 8.92. The number of halogens is 1. The predicted molar refractivity (Wildman–Crippen MR) is 90.6 cm³/mol. The van der Waals surface area contributed by atoms with Gasteiger partial charge in [0.1, 0.15) is 5.75 Å². The van der Waals surface area contributed by atoms with E-state index in [1.54, 1.807) is 7.11 Å². The van der Waals surface area contributed by atoms with Gasteiger partial charge in [-0.25, -0.2) is 0 Å². The van der Waals surface area contributed by atoms with Gasteiger partial charge < -0.3 is 14.7 Å². The van der Waals surface area contributed by atoms with Crippen molar-refractivity contribution in [3.05, 3.63) is 28.8 Å². The van der Waals surface area contributed by atoms with Crippen LogP contribution in [0.15, 0.2) is 18.2 Å². The molecule has 0 saturated carbocycles. The first-order valence-corrected chi connectivity index (χ1v) is 8.37. The molecule has 22 heavy (non-hydrogen) atoms. The van der Waals surface area contributed by atoms with Gasteiger partial charge in [0, 0.05) is 25.7 Å². The highest BCUT2D eigenvalue weighted by Crippen LogP contribution is 2.26. The van der Waals surface area contributed by atoms with Crippen LogP contribution in [0, 0.1) is 0 Å². The molecule has 1 aromatic rings. The number of methoxy groups -OCH3 is 1. The van der Waals surface area contributed by atoms with Gasteiger partial charge >= 0.3 is 0 Å². The van der Waals surface area contributed by atoms with E-state index in [4.69, 9.17) is 21.4 Å². The highest BCUT2D eigenvalue weighted by molar-refractivity contribution is 6.32. The topological polar surface area (TPSA) is 35.9 Å². The normalized spacial score (nSPS) is 17.1. The van der Waals surface area contributed by atoms with E-state index < -0.39 is 0 Å². The number of hydrogen-bond acceptors (Lipinski definition) is 4. The van der Waals surface area contributed by atoms with Crippen molar-refractivity contribution < 1.29 is 9.84 Å². The van der Waals surface area contributed by atoms with Gasteiger partial charge in [0.15, 0.2) is 0 Å². The fourth-order valence-electron chi connectivity index (χ4n) is 3.09. The van der Waals surface area contributed by atoms with Crippen molar-refractivity contribution in [3.63, 3.8) is 0 Å². The van der Waals surface area contributed by atoms with Crippen LogP contribution in [0.1, 0.15) is 24.8 Å². The molecule has 1 saturated heterocycles. The molecule has 1 aliphatic heterocycles. The lowest BCUT2D eigenvalue weighted by Gasteiger charge is -2.36. The third-order valence-corrected chi connectivity index (χ3v) is 4.77. The number of ether oxygens (including phenoxy) is 1. The zero-order valence-corrected chi connectivity index (χ0v) is 14.4. The summed E-state index contributed by atoms with van der Waals surface area (Å²) in [7, 11) is 3.80. The van der Waals surface area contributed by atoms with Crippen LogP contribution in [0.3, 0.4) is 0 Å². The van der Waals surface area contributed by atoms with Crippen LogP contribution in [-0.2, 0) is 6.54 Å². The number of likely N-dealkylation sites (tertiary alicyclic amines) is 1. The molecule has 1 N–H and O–H groups in total. The lowest BCUT2D eigenvalue weighted by atomic mass is 10.0. The molecule has 2 rings (SSSR count). The Bertz CT molecular complexity index is 462. The molecular weight excluding hydrogens is 300 g/mol. The largest absolute Gasteiger partial charge is 0.495 e. The molecule has 4 nitrogen and oxygen atoms in total. The molecule has 0 bridgehead atoms. The number of aliphatic hydroxyl groups is 1. The van der Waals surface area contributed by atoms with Crippen LogP contribution < -0.4 is 4.74 Å². The van der Waals surface area contributed by atoms with Gasteiger partial charge in [0.2, 0.25) is 0 Å². The molecule has 0 amide bonds. The molecule has 0 atom stereocenters. The zero-order chi connectivity index (χ0) is 15.9. The Hall–Kier alpha value is -0.810. The molecule has 5 heteroatoms. The number of benzene rings is 1. The van der Waals surface area contributed by atoms with E-state index >= 15 is 0 Å². The quantitative estimate of drug-likeness (QED) is 0.835. The number of rotatable bonds is 7. The monoisotopic (exact) mass is 326 g/mol. The van der Waals surface area contributed by atoms with E-state index in [1.807, 2.05) is 12.1 Å². The molecule has 124 valence electrons. The number of piperidine rings is 1. The second-order valence-electron chi connectivity index (χ2n) is 6.03. The predicted octanol–water partition coefficient (Wildman–Crippen LogP) is 2.63. The maximum absolute atomic E-state index is 8.92. The molecule has 0 radical (unpaired) electrons. The summed E-state index contributed by atoms with van der Waals surface area (Å²) in [5.41, 5.74) is 1.23. The van der Waals surface area contributed by atoms with Crippen molar-refractivity contribution in [2.75, 3.05) is 40.4 Å². The third kappa shape index (κ3) is 4.85. The molecule has 1 fully saturated rings. The van der Waals surface area contributed by atoms with Crippen LogP contribution in [0.4, 0.5) is 0 Å². The molecule has 0 unspecified atom stereocenters. The van der Waals surface area contributed by atoms with Crippen LogP contribution in [-0.4, -0.2) is 61.3 Å². The summed E-state index contributed by atoms with van der Waals surface area (Å²) in [5.74, 6) is 0.731. The summed E-state index contributed by atoms with van der Waals surface area (Å²) in [6.07, 6.45) is 3.23. The molecule has 0 aliphatic carbocycles. The fourth-order valence-corrected chi connectivity index (χ4v) is 3.37. The molecule has 0 spiro atoms. The van der Waals surface area contributed by atoms with Gasteiger partial charge in [-0.3, -0.25) is 4.90 Å². The van der Waals surface area contributed by atoms with Crippen molar-refractivity contribution >= 4 is 11.6 Å². The van der Waals surface area contributed by atoms with Gasteiger partial charge in [-0.05, 0) is 57.1 Å². The van der Waals surface area contributed by atoms with E-state index in [0.717, 1.165) is 38.3 Å². The summed E-state index contributed by atoms with van der Waals surface area (Å²) in [6.45, 7) is 4.42. The number of hydrogen-bond donors (Lipinski definition) is 1. The van der Waals surface area contributed by atoms with E-state index in [0.29, 0.717) is 11.1 Å². The molecule has 1 aromatic carbocycles. The van der Waals surface area contributed by atoms with Crippen LogP contribution >= 0.6 is 11.6 Å². The Morgan fingerprint density at radius 2 is 2.09 bits per heavy atom. The van der Waals surface area contributed by atoms with Crippen molar-refractivity contribution in [1.82, 2.24) is 9.80 Å². The van der Waals surface area contributed by atoms with Crippen molar-refractivity contribution in [3.8, 4) is 5.75 Å². The molecule has 1 heterocycles. The van der Waals surface area contributed by atoms with E-state index in [2.05, 4.69) is 22.9 Å². The second-order valence-corrected chi connectivity index (χ2v) is 6.44. The summed E-state index contributed by atoms with van der Waals surface area (Å²) >= 11 is 6.19. The summed E-state index contributed by atoms with van der Waals surface area (Å²) < 4.78 is 5.19. The van der Waals surface area contributed by atoms with Gasteiger partial charge in [0.25, 0.3) is 0 Å². The first kappa shape index (κ1) is 17.5. The average molecular weight is 327 g/mol. The summed E-state index contributed by atoms with van der Waals surface area (Å²) in [6, 6.07) is 6.67. The lowest BCUT2D eigenvalue weighted by Crippen LogP contribution is -2.43. The van der Waals surface area contributed by atoms with E-state index in [9.17, 15) is 0 Å². The van der Waals surface area contributed by atoms with Gasteiger partial charge in [-0.15, -0.1) is 0 Å².